The number of hydrogen-bond donors (Lipinski definition) is 1. The summed E-state index contributed by atoms with van der Waals surface area (Å²) in [6, 6.07) is 6.52. The molecule has 3 atom stereocenters. The number of nitrogens with two attached hydrogens (primary N) is 1. The normalized spacial score (nSPS) is 29.6. The third-order valence-electron chi connectivity index (χ3n) is 4.51. The Kier molecular flexibility index (Phi) is 3.27. The van der Waals surface area contributed by atoms with Crippen LogP contribution in [0.1, 0.15) is 18.4 Å². The number of halogens is 1. The van der Waals surface area contributed by atoms with Gasteiger partial charge in [0.2, 0.25) is 5.91 Å². The molecule has 1 heterocycles. The third kappa shape index (κ3) is 2.50. The van der Waals surface area contributed by atoms with E-state index in [4.69, 9.17) is 5.73 Å². The summed E-state index contributed by atoms with van der Waals surface area (Å²) < 4.78 is 13.1. The molecule has 1 saturated heterocycles. The van der Waals surface area contributed by atoms with E-state index >= 15 is 0 Å². The van der Waals surface area contributed by atoms with Gasteiger partial charge in [-0.3, -0.25) is 4.79 Å². The number of fused-ring (bicyclic) bond motifs is 1. The van der Waals surface area contributed by atoms with Crippen LogP contribution in [0.5, 0.6) is 0 Å². The van der Waals surface area contributed by atoms with Gasteiger partial charge in [-0.05, 0) is 42.4 Å². The highest BCUT2D eigenvalue weighted by Gasteiger charge is 2.42. The number of hydrogen-bond acceptors (Lipinski definition) is 2. The van der Waals surface area contributed by atoms with Gasteiger partial charge in [0, 0.05) is 19.1 Å². The fraction of sp³-hybridized carbons (Fsp3) is 0.533. The van der Waals surface area contributed by atoms with E-state index < -0.39 is 0 Å². The van der Waals surface area contributed by atoms with Crippen molar-refractivity contribution in [1.82, 2.24) is 4.90 Å². The molecule has 1 aliphatic carbocycles. The minimum atomic E-state index is -0.286. The van der Waals surface area contributed by atoms with Crippen LogP contribution in [0.15, 0.2) is 24.3 Å². The fourth-order valence-corrected chi connectivity index (χ4v) is 3.44. The van der Waals surface area contributed by atoms with Gasteiger partial charge in [0.15, 0.2) is 0 Å². The Hall–Kier alpha value is -1.42. The van der Waals surface area contributed by atoms with Gasteiger partial charge in [-0.1, -0.05) is 12.1 Å². The van der Waals surface area contributed by atoms with Crippen molar-refractivity contribution in [3.05, 3.63) is 35.6 Å². The molecule has 0 spiro atoms. The summed E-state index contributed by atoms with van der Waals surface area (Å²) in [5, 5.41) is 0. The lowest BCUT2D eigenvalue weighted by molar-refractivity contribution is -0.129. The first-order valence-electron chi connectivity index (χ1n) is 6.91. The second kappa shape index (κ2) is 4.93. The summed E-state index contributed by atoms with van der Waals surface area (Å²) in [6.07, 6.45) is 2.50. The first-order chi connectivity index (χ1) is 9.13. The SMILES string of the molecule is NC1CCC2CN(C(=O)Cc3cccc(F)c3)CC12. The van der Waals surface area contributed by atoms with Crippen LogP contribution in [0.2, 0.25) is 0 Å². The molecule has 0 aromatic heterocycles. The Morgan fingerprint density at radius 1 is 1.37 bits per heavy atom. The van der Waals surface area contributed by atoms with Crippen LogP contribution in [-0.4, -0.2) is 29.9 Å². The molecule has 2 N–H and O–H groups in total. The van der Waals surface area contributed by atoms with Gasteiger partial charge in [0.1, 0.15) is 5.82 Å². The van der Waals surface area contributed by atoms with Crippen molar-refractivity contribution in [3.63, 3.8) is 0 Å². The molecular formula is C15H19FN2O. The molecule has 1 aromatic carbocycles. The van der Waals surface area contributed by atoms with Crippen LogP contribution >= 0.6 is 0 Å². The van der Waals surface area contributed by atoms with Gasteiger partial charge in [0.25, 0.3) is 0 Å². The van der Waals surface area contributed by atoms with E-state index in [1.165, 1.54) is 12.1 Å². The second-order valence-corrected chi connectivity index (χ2v) is 5.77. The van der Waals surface area contributed by atoms with Crippen molar-refractivity contribution in [2.45, 2.75) is 25.3 Å². The van der Waals surface area contributed by atoms with E-state index in [2.05, 4.69) is 0 Å². The van der Waals surface area contributed by atoms with Crippen LogP contribution < -0.4 is 5.73 Å². The van der Waals surface area contributed by atoms with Crippen LogP contribution in [0.4, 0.5) is 4.39 Å². The van der Waals surface area contributed by atoms with Gasteiger partial charge in [-0.15, -0.1) is 0 Å². The van der Waals surface area contributed by atoms with Gasteiger partial charge < -0.3 is 10.6 Å². The topological polar surface area (TPSA) is 46.3 Å². The van der Waals surface area contributed by atoms with E-state index in [9.17, 15) is 9.18 Å². The van der Waals surface area contributed by atoms with E-state index in [1.807, 2.05) is 4.90 Å². The summed E-state index contributed by atoms with van der Waals surface area (Å²) >= 11 is 0. The summed E-state index contributed by atoms with van der Waals surface area (Å²) in [5.74, 6) is 0.848. The number of likely N-dealkylation sites (tertiary alicyclic amines) is 1. The van der Waals surface area contributed by atoms with Gasteiger partial charge in [-0.25, -0.2) is 4.39 Å². The number of carbonyl (C=O) groups is 1. The molecule has 3 unspecified atom stereocenters. The predicted octanol–water partition coefficient (Wildman–Crippen LogP) is 1.56. The Morgan fingerprint density at radius 2 is 2.21 bits per heavy atom. The van der Waals surface area contributed by atoms with Crippen LogP contribution in [0.3, 0.4) is 0 Å². The molecule has 3 nitrogen and oxygen atoms in total. The highest BCUT2D eigenvalue weighted by molar-refractivity contribution is 5.79. The third-order valence-corrected chi connectivity index (χ3v) is 4.51. The molecule has 2 aliphatic rings. The first kappa shape index (κ1) is 12.6. The summed E-state index contributed by atoms with van der Waals surface area (Å²) in [4.78, 5) is 14.1. The molecule has 19 heavy (non-hydrogen) atoms. The van der Waals surface area contributed by atoms with Crippen molar-refractivity contribution in [2.75, 3.05) is 13.1 Å². The minimum absolute atomic E-state index is 0.0900. The molecule has 1 amide bonds. The minimum Gasteiger partial charge on any atom is -0.342 e. The Morgan fingerprint density at radius 3 is 2.95 bits per heavy atom. The van der Waals surface area contributed by atoms with Gasteiger partial charge in [0.05, 0.1) is 6.42 Å². The number of nitrogens with zero attached hydrogens (tertiary/aromatic N) is 1. The van der Waals surface area contributed by atoms with Crippen molar-refractivity contribution < 1.29 is 9.18 Å². The van der Waals surface area contributed by atoms with Crippen molar-refractivity contribution in [1.29, 1.82) is 0 Å². The van der Waals surface area contributed by atoms with E-state index in [0.29, 0.717) is 11.8 Å². The first-order valence-corrected chi connectivity index (χ1v) is 6.91. The van der Waals surface area contributed by atoms with Gasteiger partial charge in [-0.2, -0.15) is 0 Å². The van der Waals surface area contributed by atoms with E-state index in [0.717, 1.165) is 31.5 Å². The predicted molar refractivity (Wildman–Crippen MR) is 70.9 cm³/mol. The summed E-state index contributed by atoms with van der Waals surface area (Å²) in [5.41, 5.74) is 6.81. The second-order valence-electron chi connectivity index (χ2n) is 5.77. The lowest BCUT2D eigenvalue weighted by Crippen LogP contribution is -2.34. The molecule has 4 heteroatoms. The monoisotopic (exact) mass is 262 g/mol. The molecular weight excluding hydrogens is 243 g/mol. The van der Waals surface area contributed by atoms with Crippen LogP contribution in [-0.2, 0) is 11.2 Å². The Bertz CT molecular complexity index is 491. The molecule has 1 aliphatic heterocycles. The molecule has 2 fully saturated rings. The highest BCUT2D eigenvalue weighted by atomic mass is 19.1. The van der Waals surface area contributed by atoms with Crippen LogP contribution in [0.25, 0.3) is 0 Å². The van der Waals surface area contributed by atoms with Gasteiger partial charge >= 0.3 is 0 Å². The fourth-order valence-electron chi connectivity index (χ4n) is 3.44. The average Bonchev–Trinajstić information content (AvgIpc) is 2.92. The molecule has 102 valence electrons. The summed E-state index contributed by atoms with van der Waals surface area (Å²) in [6.45, 7) is 1.60. The Labute approximate surface area is 112 Å². The quantitative estimate of drug-likeness (QED) is 0.879. The van der Waals surface area contributed by atoms with Crippen molar-refractivity contribution in [3.8, 4) is 0 Å². The maximum Gasteiger partial charge on any atom is 0.227 e. The Balaban J connectivity index is 1.63. The molecule has 0 bridgehead atoms. The average molecular weight is 262 g/mol. The van der Waals surface area contributed by atoms with Crippen molar-refractivity contribution >= 4 is 5.91 Å². The number of benzene rings is 1. The largest absolute Gasteiger partial charge is 0.342 e. The lowest BCUT2D eigenvalue weighted by Gasteiger charge is -2.18. The molecule has 1 aromatic rings. The van der Waals surface area contributed by atoms with E-state index in [-0.39, 0.29) is 24.2 Å². The highest BCUT2D eigenvalue weighted by Crippen LogP contribution is 2.37. The summed E-state index contributed by atoms with van der Waals surface area (Å²) in [7, 11) is 0. The van der Waals surface area contributed by atoms with Crippen molar-refractivity contribution in [2.24, 2.45) is 17.6 Å². The lowest BCUT2D eigenvalue weighted by atomic mass is 9.98. The zero-order valence-electron chi connectivity index (χ0n) is 10.9. The number of amides is 1. The zero-order valence-corrected chi connectivity index (χ0v) is 10.9. The number of rotatable bonds is 2. The molecule has 3 rings (SSSR count). The van der Waals surface area contributed by atoms with E-state index in [1.54, 1.807) is 12.1 Å². The maximum absolute atomic E-state index is 13.1. The zero-order chi connectivity index (χ0) is 13.4. The maximum atomic E-state index is 13.1. The standard InChI is InChI=1S/C15H19FN2O/c16-12-3-1-2-10(6-12)7-15(19)18-8-11-4-5-14(17)13(11)9-18/h1-3,6,11,13-14H,4-5,7-9,17H2. The molecule has 0 radical (unpaired) electrons. The number of carbonyl (C=O) groups excluding carboxylic acids is 1. The molecule has 1 saturated carbocycles. The van der Waals surface area contributed by atoms with Crippen LogP contribution in [0, 0.1) is 17.7 Å². The smallest absolute Gasteiger partial charge is 0.227 e.